The van der Waals surface area contributed by atoms with Crippen LogP contribution in [-0.2, 0) is 17.6 Å². The molecule has 0 fully saturated rings. The molecule has 18 heavy (non-hydrogen) atoms. The van der Waals surface area contributed by atoms with Gasteiger partial charge in [-0.3, -0.25) is 4.98 Å². The molecule has 1 unspecified atom stereocenters. The highest BCUT2D eigenvalue weighted by Gasteiger charge is 2.24. The van der Waals surface area contributed by atoms with Crippen LogP contribution in [0.2, 0.25) is 5.02 Å². The molecule has 98 valence electrons. The van der Waals surface area contributed by atoms with Crippen molar-refractivity contribution in [3.63, 3.8) is 0 Å². The van der Waals surface area contributed by atoms with Crippen LogP contribution >= 0.6 is 11.6 Å². The number of hydrogen-bond donors (Lipinski definition) is 0. The Morgan fingerprint density at radius 2 is 2.33 bits per heavy atom. The maximum Gasteiger partial charge on any atom is 0.341 e. The zero-order valence-electron chi connectivity index (χ0n) is 10.8. The van der Waals surface area contributed by atoms with Gasteiger partial charge in [-0.15, -0.1) is 0 Å². The van der Waals surface area contributed by atoms with Gasteiger partial charge in [0.05, 0.1) is 17.2 Å². The summed E-state index contributed by atoms with van der Waals surface area (Å²) in [6.45, 7) is 4.32. The molecule has 0 saturated carbocycles. The third-order valence-electron chi connectivity index (χ3n) is 3.55. The standard InChI is InChI=1S/C14H18ClNO2/c1-3-9-5-6-12-10(7-9)13(15)11(8-16-12)14(17)18-4-2/h8-9H,3-7H2,1-2H3. The molecular weight excluding hydrogens is 250 g/mol. The first kappa shape index (κ1) is 13.3. The molecule has 1 aliphatic carbocycles. The predicted octanol–water partition coefficient (Wildman–Crippen LogP) is 3.43. The van der Waals surface area contributed by atoms with E-state index in [2.05, 4.69) is 11.9 Å². The second-order valence-electron chi connectivity index (χ2n) is 4.65. The molecule has 0 spiro atoms. The third-order valence-corrected chi connectivity index (χ3v) is 3.99. The van der Waals surface area contributed by atoms with Gasteiger partial charge in [-0.1, -0.05) is 24.9 Å². The van der Waals surface area contributed by atoms with E-state index < -0.39 is 0 Å². The summed E-state index contributed by atoms with van der Waals surface area (Å²) in [4.78, 5) is 16.1. The fourth-order valence-corrected chi connectivity index (χ4v) is 2.73. The fourth-order valence-electron chi connectivity index (χ4n) is 2.42. The van der Waals surface area contributed by atoms with Gasteiger partial charge in [0.2, 0.25) is 0 Å². The van der Waals surface area contributed by atoms with E-state index in [9.17, 15) is 4.79 Å². The minimum atomic E-state index is -0.378. The molecule has 0 bridgehead atoms. The van der Waals surface area contributed by atoms with Crippen molar-refractivity contribution in [3.05, 3.63) is 28.0 Å². The summed E-state index contributed by atoms with van der Waals surface area (Å²) < 4.78 is 4.99. The van der Waals surface area contributed by atoms with E-state index in [1.54, 1.807) is 13.1 Å². The second kappa shape index (κ2) is 5.70. The number of halogens is 1. The van der Waals surface area contributed by atoms with Crippen molar-refractivity contribution in [3.8, 4) is 0 Å². The monoisotopic (exact) mass is 267 g/mol. The molecule has 0 radical (unpaired) electrons. The van der Waals surface area contributed by atoms with Crippen molar-refractivity contribution in [1.29, 1.82) is 0 Å². The smallest absolute Gasteiger partial charge is 0.341 e. The molecule has 0 N–H and O–H groups in total. The first-order chi connectivity index (χ1) is 8.67. The van der Waals surface area contributed by atoms with E-state index >= 15 is 0 Å². The predicted molar refractivity (Wildman–Crippen MR) is 71.0 cm³/mol. The minimum absolute atomic E-state index is 0.351. The van der Waals surface area contributed by atoms with E-state index in [1.807, 2.05) is 0 Å². The highest BCUT2D eigenvalue weighted by Crippen LogP contribution is 2.33. The van der Waals surface area contributed by atoms with Crippen LogP contribution in [0.15, 0.2) is 6.20 Å². The van der Waals surface area contributed by atoms with E-state index in [-0.39, 0.29) is 5.97 Å². The Morgan fingerprint density at radius 3 is 3.00 bits per heavy atom. The average molecular weight is 268 g/mol. The van der Waals surface area contributed by atoms with Crippen molar-refractivity contribution in [2.75, 3.05) is 6.61 Å². The molecular formula is C14H18ClNO2. The highest BCUT2D eigenvalue weighted by molar-refractivity contribution is 6.34. The van der Waals surface area contributed by atoms with Crippen LogP contribution < -0.4 is 0 Å². The summed E-state index contributed by atoms with van der Waals surface area (Å²) in [5.74, 6) is 0.269. The normalized spacial score (nSPS) is 18.3. The number of rotatable bonds is 3. The Bertz CT molecular complexity index is 459. The van der Waals surface area contributed by atoms with Crippen molar-refractivity contribution < 1.29 is 9.53 Å². The number of ether oxygens (including phenoxy) is 1. The molecule has 2 rings (SSSR count). The SMILES string of the molecule is CCOC(=O)c1cnc2c(c1Cl)CC(CC)CC2. The lowest BCUT2D eigenvalue weighted by Gasteiger charge is -2.24. The van der Waals surface area contributed by atoms with Gasteiger partial charge in [0.15, 0.2) is 0 Å². The number of aromatic nitrogens is 1. The average Bonchev–Trinajstić information content (AvgIpc) is 2.39. The number of carbonyl (C=O) groups excluding carboxylic acids is 1. The number of aryl methyl sites for hydroxylation is 1. The van der Waals surface area contributed by atoms with Crippen LogP contribution in [0.3, 0.4) is 0 Å². The summed E-state index contributed by atoms with van der Waals surface area (Å²) in [6.07, 6.45) is 5.72. The van der Waals surface area contributed by atoms with Crippen LogP contribution in [-0.4, -0.2) is 17.6 Å². The molecule has 0 aromatic carbocycles. The summed E-state index contributed by atoms with van der Waals surface area (Å²) in [6, 6.07) is 0. The van der Waals surface area contributed by atoms with Gasteiger partial charge in [-0.05, 0) is 37.7 Å². The summed E-state index contributed by atoms with van der Waals surface area (Å²) in [7, 11) is 0. The Hall–Kier alpha value is -1.09. The number of esters is 1. The van der Waals surface area contributed by atoms with Gasteiger partial charge < -0.3 is 4.74 Å². The van der Waals surface area contributed by atoms with Crippen LogP contribution in [0.5, 0.6) is 0 Å². The number of fused-ring (bicyclic) bond motifs is 1. The number of hydrogen-bond acceptors (Lipinski definition) is 3. The van der Waals surface area contributed by atoms with Crippen LogP contribution in [0.4, 0.5) is 0 Å². The summed E-state index contributed by atoms with van der Waals surface area (Å²) in [5.41, 5.74) is 2.48. The zero-order valence-corrected chi connectivity index (χ0v) is 11.6. The van der Waals surface area contributed by atoms with Crippen molar-refractivity contribution in [1.82, 2.24) is 4.98 Å². The lowest BCUT2D eigenvalue weighted by atomic mass is 9.84. The molecule has 0 saturated heterocycles. The topological polar surface area (TPSA) is 39.2 Å². The molecule has 1 atom stereocenters. The minimum Gasteiger partial charge on any atom is -0.462 e. The Balaban J connectivity index is 2.34. The summed E-state index contributed by atoms with van der Waals surface area (Å²) in [5, 5.41) is 0.539. The van der Waals surface area contributed by atoms with Crippen molar-refractivity contribution >= 4 is 17.6 Å². The molecule has 1 aromatic rings. The number of nitrogens with zero attached hydrogens (tertiary/aromatic N) is 1. The first-order valence-electron chi connectivity index (χ1n) is 6.50. The third kappa shape index (κ3) is 2.51. The lowest BCUT2D eigenvalue weighted by Crippen LogP contribution is -2.17. The molecule has 1 aromatic heterocycles. The van der Waals surface area contributed by atoms with E-state index in [4.69, 9.17) is 16.3 Å². The summed E-state index contributed by atoms with van der Waals surface area (Å²) >= 11 is 6.34. The highest BCUT2D eigenvalue weighted by atomic mass is 35.5. The number of pyridine rings is 1. The quantitative estimate of drug-likeness (QED) is 0.788. The maximum absolute atomic E-state index is 11.8. The first-order valence-corrected chi connectivity index (χ1v) is 6.88. The van der Waals surface area contributed by atoms with E-state index in [0.717, 1.165) is 36.9 Å². The van der Waals surface area contributed by atoms with Gasteiger partial charge in [0.1, 0.15) is 0 Å². The second-order valence-corrected chi connectivity index (χ2v) is 5.03. The van der Waals surface area contributed by atoms with E-state index in [1.165, 1.54) is 0 Å². The van der Waals surface area contributed by atoms with Gasteiger partial charge in [-0.2, -0.15) is 0 Å². The van der Waals surface area contributed by atoms with Gasteiger partial charge in [0, 0.05) is 11.9 Å². The Morgan fingerprint density at radius 1 is 1.56 bits per heavy atom. The molecule has 0 amide bonds. The van der Waals surface area contributed by atoms with E-state index in [0.29, 0.717) is 23.1 Å². The fraction of sp³-hybridized carbons (Fsp3) is 0.571. The Kier molecular flexibility index (Phi) is 4.23. The van der Waals surface area contributed by atoms with Crippen LogP contribution in [0.25, 0.3) is 0 Å². The Labute approximate surface area is 113 Å². The van der Waals surface area contributed by atoms with Crippen molar-refractivity contribution in [2.45, 2.75) is 39.5 Å². The number of carbonyl (C=O) groups is 1. The largest absolute Gasteiger partial charge is 0.462 e. The van der Waals surface area contributed by atoms with Crippen molar-refractivity contribution in [2.24, 2.45) is 5.92 Å². The lowest BCUT2D eigenvalue weighted by molar-refractivity contribution is 0.0526. The van der Waals surface area contributed by atoms with Crippen LogP contribution in [0, 0.1) is 5.92 Å². The molecule has 1 aliphatic rings. The van der Waals surface area contributed by atoms with Gasteiger partial charge in [0.25, 0.3) is 0 Å². The van der Waals surface area contributed by atoms with Gasteiger partial charge in [-0.25, -0.2) is 4.79 Å². The van der Waals surface area contributed by atoms with Crippen LogP contribution in [0.1, 0.15) is 48.3 Å². The molecule has 3 nitrogen and oxygen atoms in total. The van der Waals surface area contributed by atoms with Gasteiger partial charge >= 0.3 is 5.97 Å². The maximum atomic E-state index is 11.8. The molecule has 0 aliphatic heterocycles. The molecule has 4 heteroatoms. The zero-order chi connectivity index (χ0) is 13.1. The molecule has 1 heterocycles.